The van der Waals surface area contributed by atoms with Gasteiger partial charge in [-0.25, -0.2) is 4.39 Å². The van der Waals surface area contributed by atoms with Crippen molar-refractivity contribution in [3.63, 3.8) is 0 Å². The quantitative estimate of drug-likeness (QED) is 0.380. The Labute approximate surface area is 191 Å². The van der Waals surface area contributed by atoms with Gasteiger partial charge in [0.15, 0.2) is 0 Å². The number of hydrogen-bond donors (Lipinski definition) is 0. The average molecular weight is 437 g/mol. The van der Waals surface area contributed by atoms with Crippen molar-refractivity contribution in [3.05, 3.63) is 59.4 Å². The molecule has 0 N–H and O–H groups in total. The van der Waals surface area contributed by atoms with Gasteiger partial charge >= 0.3 is 0 Å². The van der Waals surface area contributed by atoms with Gasteiger partial charge in [-0.2, -0.15) is 0 Å². The summed E-state index contributed by atoms with van der Waals surface area (Å²) < 4.78 is 15.1. The Balaban J connectivity index is 1.39. The van der Waals surface area contributed by atoms with Crippen molar-refractivity contribution < 1.29 is 4.39 Å². The van der Waals surface area contributed by atoms with E-state index in [4.69, 9.17) is 0 Å². The predicted octanol–water partition coefficient (Wildman–Crippen LogP) is 9.08. The molecule has 0 unspecified atom stereocenters. The standard InChI is InChI=1S/C29H41FSi/c1-3-5-22-6-8-24(9-7-22)27-14-15-28(29(30)21-27)26-12-10-23(11-13-26)25-16-19-31(18-4-2)20-17-25/h10-15,21-22,24-25,31H,3-9,16-20H2,1-2H3/t22-,24-,25-,31-. The molecule has 2 aliphatic rings. The maximum Gasteiger partial charge on any atom is 0.131 e. The summed E-state index contributed by atoms with van der Waals surface area (Å²) in [6.45, 7) is 4.62. The fraction of sp³-hybridized carbons (Fsp3) is 0.586. The molecule has 31 heavy (non-hydrogen) atoms. The van der Waals surface area contributed by atoms with E-state index in [0.29, 0.717) is 5.92 Å². The highest BCUT2D eigenvalue weighted by Gasteiger charge is 2.24. The first-order chi connectivity index (χ1) is 15.2. The Kier molecular flexibility index (Phi) is 8.04. The molecule has 1 saturated carbocycles. The van der Waals surface area contributed by atoms with E-state index in [1.165, 1.54) is 87.0 Å². The van der Waals surface area contributed by atoms with Crippen LogP contribution in [0.3, 0.4) is 0 Å². The van der Waals surface area contributed by atoms with Crippen LogP contribution >= 0.6 is 0 Å². The molecule has 2 aromatic rings. The lowest BCUT2D eigenvalue weighted by Crippen LogP contribution is -2.19. The third-order valence-electron chi connectivity index (χ3n) is 8.24. The summed E-state index contributed by atoms with van der Waals surface area (Å²) >= 11 is 0. The molecule has 0 aromatic heterocycles. The Bertz CT molecular complexity index is 811. The van der Waals surface area contributed by atoms with Gasteiger partial charge < -0.3 is 0 Å². The van der Waals surface area contributed by atoms with Crippen LogP contribution in [0.4, 0.5) is 4.39 Å². The molecule has 1 heterocycles. The van der Waals surface area contributed by atoms with Crippen molar-refractivity contribution in [2.75, 3.05) is 0 Å². The van der Waals surface area contributed by atoms with Crippen molar-refractivity contribution in [1.82, 2.24) is 0 Å². The van der Waals surface area contributed by atoms with Crippen LogP contribution in [0.15, 0.2) is 42.5 Å². The molecule has 0 radical (unpaired) electrons. The van der Waals surface area contributed by atoms with Gasteiger partial charge in [0.25, 0.3) is 0 Å². The summed E-state index contributed by atoms with van der Waals surface area (Å²) in [5, 5.41) is 0. The lowest BCUT2D eigenvalue weighted by Gasteiger charge is -2.29. The minimum atomic E-state index is -0.428. The molecule has 0 amide bonds. The summed E-state index contributed by atoms with van der Waals surface area (Å²) in [4.78, 5) is 0. The molecule has 0 nitrogen and oxygen atoms in total. The van der Waals surface area contributed by atoms with E-state index in [0.717, 1.165) is 23.0 Å². The number of rotatable bonds is 7. The normalized spacial score (nSPS) is 26.7. The summed E-state index contributed by atoms with van der Waals surface area (Å²) in [5.41, 5.74) is 4.46. The monoisotopic (exact) mass is 436 g/mol. The van der Waals surface area contributed by atoms with Crippen LogP contribution < -0.4 is 0 Å². The highest BCUT2D eigenvalue weighted by Crippen LogP contribution is 2.39. The van der Waals surface area contributed by atoms with Crippen molar-refractivity contribution in [2.24, 2.45) is 5.92 Å². The predicted molar refractivity (Wildman–Crippen MR) is 135 cm³/mol. The summed E-state index contributed by atoms with van der Waals surface area (Å²) in [5.74, 6) is 2.12. The van der Waals surface area contributed by atoms with Gasteiger partial charge in [0, 0.05) is 14.4 Å². The van der Waals surface area contributed by atoms with Gasteiger partial charge in [0.1, 0.15) is 5.82 Å². The van der Waals surface area contributed by atoms with E-state index in [1.807, 2.05) is 12.1 Å². The minimum Gasteiger partial charge on any atom is -0.206 e. The van der Waals surface area contributed by atoms with E-state index in [-0.39, 0.29) is 5.82 Å². The fourth-order valence-corrected chi connectivity index (χ4v) is 9.77. The number of hydrogen-bond acceptors (Lipinski definition) is 0. The third kappa shape index (κ3) is 5.69. The first-order valence-corrected chi connectivity index (χ1v) is 15.5. The highest BCUT2D eigenvalue weighted by molar-refractivity contribution is 6.59. The van der Waals surface area contributed by atoms with E-state index in [1.54, 1.807) is 0 Å². The molecule has 1 aliphatic heterocycles. The molecule has 2 aromatic carbocycles. The second kappa shape index (κ2) is 10.9. The first-order valence-electron chi connectivity index (χ1n) is 13.1. The van der Waals surface area contributed by atoms with Crippen molar-refractivity contribution in [1.29, 1.82) is 0 Å². The number of halogens is 1. The van der Waals surface area contributed by atoms with Gasteiger partial charge in [-0.3, -0.25) is 0 Å². The Hall–Kier alpha value is -1.41. The maximum atomic E-state index is 15.1. The van der Waals surface area contributed by atoms with Crippen molar-refractivity contribution in [3.8, 4) is 11.1 Å². The average Bonchev–Trinajstić information content (AvgIpc) is 2.81. The molecule has 1 saturated heterocycles. The second-order valence-corrected chi connectivity index (χ2v) is 13.8. The zero-order chi connectivity index (χ0) is 21.6. The van der Waals surface area contributed by atoms with E-state index in [9.17, 15) is 0 Å². The van der Waals surface area contributed by atoms with Gasteiger partial charge in [-0.1, -0.05) is 87.6 Å². The molecule has 2 heteroatoms. The summed E-state index contributed by atoms with van der Waals surface area (Å²) in [6, 6.07) is 19.4. The second-order valence-electron chi connectivity index (χ2n) is 10.4. The molecule has 0 atom stereocenters. The summed E-state index contributed by atoms with van der Waals surface area (Å²) in [6.07, 6.45) is 11.8. The van der Waals surface area contributed by atoms with Gasteiger partial charge in [-0.05, 0) is 79.0 Å². The van der Waals surface area contributed by atoms with E-state index < -0.39 is 8.80 Å². The third-order valence-corrected chi connectivity index (χ3v) is 11.9. The van der Waals surface area contributed by atoms with Crippen LogP contribution in [-0.2, 0) is 0 Å². The van der Waals surface area contributed by atoms with Gasteiger partial charge in [0.05, 0.1) is 0 Å². The lowest BCUT2D eigenvalue weighted by atomic mass is 9.77. The topological polar surface area (TPSA) is 0 Å². The smallest absolute Gasteiger partial charge is 0.131 e. The maximum absolute atomic E-state index is 15.1. The van der Waals surface area contributed by atoms with Crippen LogP contribution in [0, 0.1) is 11.7 Å². The van der Waals surface area contributed by atoms with Crippen LogP contribution in [0.2, 0.25) is 18.1 Å². The van der Waals surface area contributed by atoms with Crippen LogP contribution in [0.1, 0.15) is 94.6 Å². The summed E-state index contributed by atoms with van der Waals surface area (Å²) in [7, 11) is -0.428. The SMILES string of the molecule is CCC[C@H]1CC[C@H](c2ccc(-c3ccc([C@H]4CC[Si@H](CCC)CC4)cc3)c(F)c2)CC1. The Morgan fingerprint density at radius 2 is 1.42 bits per heavy atom. The lowest BCUT2D eigenvalue weighted by molar-refractivity contribution is 0.308. The molecule has 4 rings (SSSR count). The molecule has 0 bridgehead atoms. The minimum absolute atomic E-state index is 0.0491. The first kappa shape index (κ1) is 22.8. The largest absolute Gasteiger partial charge is 0.206 e. The van der Waals surface area contributed by atoms with E-state index >= 15 is 4.39 Å². The molecular formula is C29H41FSi. The van der Waals surface area contributed by atoms with Crippen molar-refractivity contribution in [2.45, 2.75) is 102 Å². The van der Waals surface area contributed by atoms with Crippen LogP contribution in [0.25, 0.3) is 11.1 Å². The van der Waals surface area contributed by atoms with Crippen molar-refractivity contribution >= 4 is 8.80 Å². The molecule has 2 fully saturated rings. The van der Waals surface area contributed by atoms with E-state index in [2.05, 4.69) is 44.2 Å². The molecule has 0 spiro atoms. The van der Waals surface area contributed by atoms with Gasteiger partial charge in [-0.15, -0.1) is 0 Å². The zero-order valence-electron chi connectivity index (χ0n) is 19.7. The Morgan fingerprint density at radius 1 is 0.774 bits per heavy atom. The molecule has 1 aliphatic carbocycles. The number of benzene rings is 2. The Morgan fingerprint density at radius 3 is 2.03 bits per heavy atom. The zero-order valence-corrected chi connectivity index (χ0v) is 20.9. The molecule has 168 valence electrons. The highest BCUT2D eigenvalue weighted by atomic mass is 28.3. The molecular weight excluding hydrogens is 395 g/mol. The van der Waals surface area contributed by atoms with Crippen LogP contribution in [-0.4, -0.2) is 8.80 Å². The van der Waals surface area contributed by atoms with Crippen LogP contribution in [0.5, 0.6) is 0 Å². The van der Waals surface area contributed by atoms with Gasteiger partial charge in [0.2, 0.25) is 0 Å². The fourth-order valence-electron chi connectivity index (χ4n) is 6.34.